The molecule has 6 heteroatoms. The van der Waals surface area contributed by atoms with E-state index in [1.165, 1.54) is 0 Å². The van der Waals surface area contributed by atoms with Gasteiger partial charge in [0, 0.05) is 38.4 Å². The first kappa shape index (κ1) is 14.0. The van der Waals surface area contributed by atoms with Crippen LogP contribution >= 0.6 is 12.4 Å². The SMILES string of the molecule is CC1CN(C(=O)c2cn(C)cn2)CC(C)N1.Cl. The molecule has 2 atom stereocenters. The predicted molar refractivity (Wildman–Crippen MR) is 68.4 cm³/mol. The number of piperazine rings is 1. The highest BCUT2D eigenvalue weighted by Crippen LogP contribution is 2.08. The molecule has 1 amide bonds. The van der Waals surface area contributed by atoms with Gasteiger partial charge in [0.1, 0.15) is 5.69 Å². The van der Waals surface area contributed by atoms with Crippen molar-refractivity contribution in [3.05, 3.63) is 18.2 Å². The molecule has 5 nitrogen and oxygen atoms in total. The smallest absolute Gasteiger partial charge is 0.274 e. The van der Waals surface area contributed by atoms with E-state index in [4.69, 9.17) is 0 Å². The van der Waals surface area contributed by atoms with E-state index in [1.54, 1.807) is 17.1 Å². The quantitative estimate of drug-likeness (QED) is 0.805. The van der Waals surface area contributed by atoms with Crippen molar-refractivity contribution in [2.24, 2.45) is 7.05 Å². The normalized spacial score (nSPS) is 24.3. The summed E-state index contributed by atoms with van der Waals surface area (Å²) in [5, 5.41) is 3.40. The van der Waals surface area contributed by atoms with Gasteiger partial charge in [-0.3, -0.25) is 4.79 Å². The first-order chi connectivity index (χ1) is 7.56. The largest absolute Gasteiger partial charge is 0.340 e. The Balaban J connectivity index is 0.00000144. The zero-order valence-electron chi connectivity index (χ0n) is 10.4. The number of halogens is 1. The Labute approximate surface area is 108 Å². The van der Waals surface area contributed by atoms with Crippen LogP contribution in [0.5, 0.6) is 0 Å². The highest BCUT2D eigenvalue weighted by atomic mass is 35.5. The second-order valence-corrected chi connectivity index (χ2v) is 4.60. The summed E-state index contributed by atoms with van der Waals surface area (Å²) in [4.78, 5) is 18.1. The molecular formula is C11H19ClN4O. The van der Waals surface area contributed by atoms with Gasteiger partial charge >= 0.3 is 0 Å². The number of carbonyl (C=O) groups is 1. The van der Waals surface area contributed by atoms with E-state index in [1.807, 2.05) is 11.9 Å². The molecule has 0 spiro atoms. The Morgan fingerprint density at radius 1 is 1.41 bits per heavy atom. The number of aromatic nitrogens is 2. The highest BCUT2D eigenvalue weighted by molar-refractivity contribution is 5.92. The number of nitrogens with zero attached hydrogens (tertiary/aromatic N) is 3. The topological polar surface area (TPSA) is 50.2 Å². The van der Waals surface area contributed by atoms with Crippen LogP contribution in [-0.4, -0.2) is 45.5 Å². The van der Waals surface area contributed by atoms with Crippen molar-refractivity contribution < 1.29 is 4.79 Å². The molecule has 1 saturated heterocycles. The van der Waals surface area contributed by atoms with Gasteiger partial charge in [0.15, 0.2) is 0 Å². The Bertz CT molecular complexity index is 383. The van der Waals surface area contributed by atoms with E-state index in [9.17, 15) is 4.79 Å². The molecule has 2 unspecified atom stereocenters. The van der Waals surface area contributed by atoms with Crippen LogP contribution in [0.4, 0.5) is 0 Å². The molecule has 2 heterocycles. The maximum atomic E-state index is 12.1. The minimum atomic E-state index is 0. The van der Waals surface area contributed by atoms with Crippen molar-refractivity contribution >= 4 is 18.3 Å². The first-order valence-electron chi connectivity index (χ1n) is 5.59. The molecule has 1 aromatic rings. The number of carbonyl (C=O) groups excluding carboxylic acids is 1. The zero-order valence-corrected chi connectivity index (χ0v) is 11.2. The molecule has 1 aromatic heterocycles. The molecule has 96 valence electrons. The number of hydrogen-bond acceptors (Lipinski definition) is 3. The summed E-state index contributed by atoms with van der Waals surface area (Å²) >= 11 is 0. The molecule has 1 aliphatic rings. The van der Waals surface area contributed by atoms with E-state index < -0.39 is 0 Å². The Morgan fingerprint density at radius 3 is 2.47 bits per heavy atom. The Hall–Kier alpha value is -1.07. The molecule has 17 heavy (non-hydrogen) atoms. The van der Waals surface area contributed by atoms with E-state index in [-0.39, 0.29) is 18.3 Å². The molecule has 0 aromatic carbocycles. The maximum absolute atomic E-state index is 12.1. The van der Waals surface area contributed by atoms with Crippen LogP contribution in [0.2, 0.25) is 0 Å². The third-order valence-corrected chi connectivity index (χ3v) is 2.77. The van der Waals surface area contributed by atoms with E-state index in [0.29, 0.717) is 17.8 Å². The molecule has 1 aliphatic heterocycles. The summed E-state index contributed by atoms with van der Waals surface area (Å²) in [5.41, 5.74) is 0.531. The Morgan fingerprint density at radius 2 is 2.00 bits per heavy atom. The molecule has 0 saturated carbocycles. The average molecular weight is 259 g/mol. The number of aryl methyl sites for hydroxylation is 1. The molecule has 0 radical (unpaired) electrons. The summed E-state index contributed by atoms with van der Waals surface area (Å²) in [6, 6.07) is 0.688. The van der Waals surface area contributed by atoms with Gasteiger partial charge in [-0.25, -0.2) is 4.98 Å². The summed E-state index contributed by atoms with van der Waals surface area (Å²) in [6.45, 7) is 5.68. The van der Waals surface area contributed by atoms with Crippen LogP contribution < -0.4 is 5.32 Å². The summed E-state index contributed by atoms with van der Waals surface area (Å²) in [7, 11) is 1.87. The van der Waals surface area contributed by atoms with Gasteiger partial charge in [-0.05, 0) is 13.8 Å². The number of nitrogens with one attached hydrogen (secondary N) is 1. The lowest BCUT2D eigenvalue weighted by molar-refractivity contribution is 0.0668. The van der Waals surface area contributed by atoms with Crippen LogP contribution in [0.15, 0.2) is 12.5 Å². The van der Waals surface area contributed by atoms with Crippen LogP contribution in [0, 0.1) is 0 Å². The lowest BCUT2D eigenvalue weighted by atomic mass is 10.1. The second-order valence-electron chi connectivity index (χ2n) is 4.60. The fourth-order valence-corrected chi connectivity index (χ4v) is 2.18. The van der Waals surface area contributed by atoms with Crippen molar-refractivity contribution in [3.63, 3.8) is 0 Å². The predicted octanol–water partition coefficient (Wildman–Crippen LogP) is 0.664. The fraction of sp³-hybridized carbons (Fsp3) is 0.636. The second kappa shape index (κ2) is 5.51. The fourth-order valence-electron chi connectivity index (χ4n) is 2.18. The number of imidazole rings is 1. The maximum Gasteiger partial charge on any atom is 0.274 e. The van der Waals surface area contributed by atoms with Crippen LogP contribution in [-0.2, 0) is 7.05 Å². The van der Waals surface area contributed by atoms with Gasteiger partial charge in [0.2, 0.25) is 0 Å². The number of rotatable bonds is 1. The lowest BCUT2D eigenvalue weighted by Gasteiger charge is -2.35. The monoisotopic (exact) mass is 258 g/mol. The molecular weight excluding hydrogens is 240 g/mol. The van der Waals surface area contributed by atoms with Crippen molar-refractivity contribution in [3.8, 4) is 0 Å². The minimum Gasteiger partial charge on any atom is -0.340 e. The third kappa shape index (κ3) is 3.20. The standard InChI is InChI=1S/C11H18N4O.ClH/c1-8-4-15(5-9(2)13-8)11(16)10-6-14(3)7-12-10;/h6-9,13H,4-5H2,1-3H3;1H. The molecule has 0 bridgehead atoms. The molecule has 0 aliphatic carbocycles. The zero-order chi connectivity index (χ0) is 11.7. The highest BCUT2D eigenvalue weighted by Gasteiger charge is 2.26. The van der Waals surface area contributed by atoms with Crippen LogP contribution in [0.25, 0.3) is 0 Å². The molecule has 1 N–H and O–H groups in total. The third-order valence-electron chi connectivity index (χ3n) is 2.77. The van der Waals surface area contributed by atoms with Crippen molar-refractivity contribution in [2.45, 2.75) is 25.9 Å². The van der Waals surface area contributed by atoms with E-state index >= 15 is 0 Å². The van der Waals surface area contributed by atoms with Crippen molar-refractivity contribution in [1.82, 2.24) is 19.8 Å². The van der Waals surface area contributed by atoms with Crippen molar-refractivity contribution in [2.75, 3.05) is 13.1 Å². The average Bonchev–Trinajstić information content (AvgIpc) is 2.62. The van der Waals surface area contributed by atoms with Gasteiger partial charge in [-0.2, -0.15) is 0 Å². The summed E-state index contributed by atoms with van der Waals surface area (Å²) < 4.78 is 1.79. The van der Waals surface area contributed by atoms with E-state index in [0.717, 1.165) is 13.1 Å². The molecule has 2 rings (SSSR count). The van der Waals surface area contributed by atoms with Gasteiger partial charge in [0.05, 0.1) is 6.33 Å². The first-order valence-corrected chi connectivity index (χ1v) is 5.59. The summed E-state index contributed by atoms with van der Waals surface area (Å²) in [6.07, 6.45) is 3.42. The summed E-state index contributed by atoms with van der Waals surface area (Å²) in [5.74, 6) is 0.0285. The van der Waals surface area contributed by atoms with Crippen molar-refractivity contribution in [1.29, 1.82) is 0 Å². The Kier molecular flexibility index (Phi) is 4.54. The van der Waals surface area contributed by atoms with Gasteiger partial charge in [-0.15, -0.1) is 12.4 Å². The van der Waals surface area contributed by atoms with E-state index in [2.05, 4.69) is 24.1 Å². The van der Waals surface area contributed by atoms with Gasteiger partial charge in [-0.1, -0.05) is 0 Å². The van der Waals surface area contributed by atoms with Crippen LogP contribution in [0.3, 0.4) is 0 Å². The van der Waals surface area contributed by atoms with Gasteiger partial charge in [0.25, 0.3) is 5.91 Å². The molecule has 1 fully saturated rings. The van der Waals surface area contributed by atoms with Crippen LogP contribution in [0.1, 0.15) is 24.3 Å². The lowest BCUT2D eigenvalue weighted by Crippen LogP contribution is -2.55. The van der Waals surface area contributed by atoms with Gasteiger partial charge < -0.3 is 14.8 Å². The number of amides is 1. The number of hydrogen-bond donors (Lipinski definition) is 1. The minimum absolute atomic E-state index is 0.